The number of piperazine rings is 1. The number of hydrogen-bond donors (Lipinski definition) is 1. The summed E-state index contributed by atoms with van der Waals surface area (Å²) in [6.07, 6.45) is 1.31. The Bertz CT molecular complexity index is 239. The molecule has 0 saturated carbocycles. The van der Waals surface area contributed by atoms with Crippen LogP contribution in [0.5, 0.6) is 0 Å². The molecule has 2 amide bonds. The van der Waals surface area contributed by atoms with Gasteiger partial charge in [-0.15, -0.1) is 0 Å². The summed E-state index contributed by atoms with van der Waals surface area (Å²) in [5.41, 5.74) is 0. The highest BCUT2D eigenvalue weighted by Gasteiger charge is 2.45. The Hall–Kier alpha value is -1.06. The van der Waals surface area contributed by atoms with Crippen LogP contribution in [0.15, 0.2) is 0 Å². The van der Waals surface area contributed by atoms with Crippen molar-refractivity contribution in [1.29, 1.82) is 0 Å². The van der Waals surface area contributed by atoms with Gasteiger partial charge >= 0.3 is 0 Å². The first-order valence-corrected chi connectivity index (χ1v) is 4.32. The van der Waals surface area contributed by atoms with Crippen LogP contribution in [0, 0.1) is 0 Å². The molecule has 12 heavy (non-hydrogen) atoms. The van der Waals surface area contributed by atoms with Gasteiger partial charge in [0.25, 0.3) is 0 Å². The fraction of sp³-hybridized carbons (Fsp3) is 0.750. The zero-order valence-electron chi connectivity index (χ0n) is 7.04. The van der Waals surface area contributed by atoms with Crippen LogP contribution in [0.4, 0.5) is 0 Å². The van der Waals surface area contributed by atoms with Crippen molar-refractivity contribution in [2.24, 2.45) is 0 Å². The number of hydrogen-bond acceptors (Lipinski definition) is 2. The van der Waals surface area contributed by atoms with Crippen molar-refractivity contribution >= 4 is 11.8 Å². The van der Waals surface area contributed by atoms with Crippen molar-refractivity contribution in [2.75, 3.05) is 6.54 Å². The minimum absolute atomic E-state index is 0.0213. The quantitative estimate of drug-likeness (QED) is 0.573. The van der Waals surface area contributed by atoms with Gasteiger partial charge in [0.1, 0.15) is 6.04 Å². The van der Waals surface area contributed by atoms with Crippen molar-refractivity contribution in [3.05, 3.63) is 0 Å². The maximum Gasteiger partial charge on any atom is 0.243 e. The fourth-order valence-electron chi connectivity index (χ4n) is 1.97. The molecule has 0 aromatic carbocycles. The maximum absolute atomic E-state index is 11.3. The molecule has 2 rings (SSSR count). The van der Waals surface area contributed by atoms with E-state index in [2.05, 4.69) is 5.32 Å². The first-order chi connectivity index (χ1) is 5.72. The SMILES string of the molecule is CCC(=O)N1CC2CC1C(=O)N2. The van der Waals surface area contributed by atoms with E-state index in [4.69, 9.17) is 0 Å². The van der Waals surface area contributed by atoms with Crippen molar-refractivity contribution < 1.29 is 9.59 Å². The normalized spacial score (nSPS) is 32.4. The standard InChI is InChI=1S/C8H12N2O2/c1-2-7(11)10-4-5-3-6(10)8(12)9-5/h5-6H,2-4H2,1H3,(H,9,12). The van der Waals surface area contributed by atoms with Crippen molar-refractivity contribution in [1.82, 2.24) is 10.2 Å². The molecular weight excluding hydrogens is 156 g/mol. The summed E-state index contributed by atoms with van der Waals surface area (Å²) in [5, 5.41) is 2.83. The zero-order valence-corrected chi connectivity index (χ0v) is 7.04. The van der Waals surface area contributed by atoms with Gasteiger partial charge in [0.05, 0.1) is 0 Å². The summed E-state index contributed by atoms with van der Waals surface area (Å²) in [7, 11) is 0. The van der Waals surface area contributed by atoms with Gasteiger partial charge in [0.2, 0.25) is 11.8 Å². The smallest absolute Gasteiger partial charge is 0.243 e. The van der Waals surface area contributed by atoms with E-state index in [1.165, 1.54) is 0 Å². The van der Waals surface area contributed by atoms with E-state index in [0.717, 1.165) is 6.42 Å². The highest BCUT2D eigenvalue weighted by atomic mass is 16.2. The summed E-state index contributed by atoms with van der Waals surface area (Å²) < 4.78 is 0. The first kappa shape index (κ1) is 7.58. The van der Waals surface area contributed by atoms with E-state index in [1.54, 1.807) is 4.90 Å². The highest BCUT2D eigenvalue weighted by Crippen LogP contribution is 2.24. The molecule has 4 nitrogen and oxygen atoms in total. The summed E-state index contributed by atoms with van der Waals surface area (Å²) in [5.74, 6) is 0.116. The Morgan fingerprint density at radius 2 is 2.50 bits per heavy atom. The second kappa shape index (κ2) is 2.47. The van der Waals surface area contributed by atoms with Gasteiger partial charge in [-0.1, -0.05) is 6.92 Å². The molecule has 1 N–H and O–H groups in total. The van der Waals surface area contributed by atoms with Gasteiger partial charge in [0.15, 0.2) is 0 Å². The maximum atomic E-state index is 11.3. The molecule has 4 heteroatoms. The second-order valence-electron chi connectivity index (χ2n) is 3.36. The molecule has 0 radical (unpaired) electrons. The Morgan fingerprint density at radius 1 is 1.75 bits per heavy atom. The van der Waals surface area contributed by atoms with E-state index in [0.29, 0.717) is 13.0 Å². The summed E-state index contributed by atoms with van der Waals surface area (Å²) >= 11 is 0. The van der Waals surface area contributed by atoms with Crippen LogP contribution in [0.2, 0.25) is 0 Å². The average Bonchev–Trinajstić information content (AvgIpc) is 2.60. The van der Waals surface area contributed by atoms with Gasteiger partial charge in [-0.25, -0.2) is 0 Å². The molecule has 0 spiro atoms. The molecule has 2 atom stereocenters. The molecule has 2 aliphatic rings. The van der Waals surface area contributed by atoms with E-state index >= 15 is 0 Å². The fourth-order valence-corrected chi connectivity index (χ4v) is 1.97. The molecule has 2 aliphatic heterocycles. The minimum atomic E-state index is -0.164. The number of carbonyl (C=O) groups excluding carboxylic acids is 2. The third kappa shape index (κ3) is 0.906. The molecule has 0 aromatic rings. The Labute approximate surface area is 70.9 Å². The lowest BCUT2D eigenvalue weighted by atomic mass is 10.2. The molecule has 2 saturated heterocycles. The number of nitrogens with one attached hydrogen (secondary N) is 1. The Kier molecular flexibility index (Phi) is 1.56. The van der Waals surface area contributed by atoms with E-state index in [9.17, 15) is 9.59 Å². The van der Waals surface area contributed by atoms with Crippen molar-refractivity contribution in [2.45, 2.75) is 31.8 Å². The van der Waals surface area contributed by atoms with Gasteiger partial charge < -0.3 is 10.2 Å². The lowest BCUT2D eigenvalue weighted by molar-refractivity contribution is -0.139. The van der Waals surface area contributed by atoms with Gasteiger partial charge in [-0.05, 0) is 6.42 Å². The van der Waals surface area contributed by atoms with Crippen molar-refractivity contribution in [3.8, 4) is 0 Å². The summed E-state index contributed by atoms with van der Waals surface area (Å²) in [6.45, 7) is 2.54. The third-order valence-corrected chi connectivity index (χ3v) is 2.57. The Morgan fingerprint density at radius 3 is 3.00 bits per heavy atom. The van der Waals surface area contributed by atoms with E-state index in [-0.39, 0.29) is 23.9 Å². The predicted octanol–water partition coefficient (Wildman–Crippen LogP) is -0.504. The Balaban J connectivity index is 2.12. The topological polar surface area (TPSA) is 49.4 Å². The molecule has 2 fully saturated rings. The van der Waals surface area contributed by atoms with Crippen LogP contribution in [-0.4, -0.2) is 35.3 Å². The molecule has 66 valence electrons. The van der Waals surface area contributed by atoms with Crippen LogP contribution in [0.3, 0.4) is 0 Å². The molecule has 2 unspecified atom stereocenters. The van der Waals surface area contributed by atoms with Crippen LogP contribution in [0.25, 0.3) is 0 Å². The second-order valence-corrected chi connectivity index (χ2v) is 3.36. The first-order valence-electron chi connectivity index (χ1n) is 4.32. The monoisotopic (exact) mass is 168 g/mol. The van der Waals surface area contributed by atoms with E-state index < -0.39 is 0 Å². The highest BCUT2D eigenvalue weighted by molar-refractivity contribution is 5.91. The number of nitrogens with zero attached hydrogens (tertiary/aromatic N) is 1. The van der Waals surface area contributed by atoms with Gasteiger partial charge in [0, 0.05) is 19.0 Å². The van der Waals surface area contributed by atoms with Gasteiger partial charge in [-0.3, -0.25) is 9.59 Å². The number of rotatable bonds is 1. The molecule has 0 aliphatic carbocycles. The largest absolute Gasteiger partial charge is 0.350 e. The van der Waals surface area contributed by atoms with E-state index in [1.807, 2.05) is 6.92 Å². The number of likely N-dealkylation sites (tertiary alicyclic amines) is 1. The molecule has 0 aromatic heterocycles. The zero-order chi connectivity index (χ0) is 8.72. The molecular formula is C8H12N2O2. The number of fused-ring (bicyclic) bond motifs is 2. The third-order valence-electron chi connectivity index (χ3n) is 2.57. The lowest BCUT2D eigenvalue weighted by Gasteiger charge is -2.25. The predicted molar refractivity (Wildman–Crippen MR) is 42.3 cm³/mol. The lowest BCUT2D eigenvalue weighted by Crippen LogP contribution is -2.49. The summed E-state index contributed by atoms with van der Waals surface area (Å²) in [6, 6.07) is 0.0560. The molecule has 2 bridgehead atoms. The average molecular weight is 168 g/mol. The summed E-state index contributed by atoms with van der Waals surface area (Å²) in [4.78, 5) is 24.2. The van der Waals surface area contributed by atoms with Crippen molar-refractivity contribution in [3.63, 3.8) is 0 Å². The number of amides is 2. The minimum Gasteiger partial charge on any atom is -0.350 e. The van der Waals surface area contributed by atoms with Crippen LogP contribution >= 0.6 is 0 Å². The van der Waals surface area contributed by atoms with Crippen LogP contribution in [0.1, 0.15) is 19.8 Å². The van der Waals surface area contributed by atoms with Gasteiger partial charge in [-0.2, -0.15) is 0 Å². The number of carbonyl (C=O) groups is 2. The molecule has 2 heterocycles. The van der Waals surface area contributed by atoms with Crippen LogP contribution in [-0.2, 0) is 9.59 Å². The van der Waals surface area contributed by atoms with Crippen LogP contribution < -0.4 is 5.32 Å².